The number of halogens is 2. The molecule has 1 aromatic carbocycles. The molecule has 28 heavy (non-hydrogen) atoms. The van der Waals surface area contributed by atoms with E-state index in [2.05, 4.69) is 0 Å². The molecule has 0 N–H and O–H groups in total. The van der Waals surface area contributed by atoms with Crippen LogP contribution in [0.3, 0.4) is 0 Å². The third kappa shape index (κ3) is 4.75. The second kappa shape index (κ2) is 8.52. The quantitative estimate of drug-likeness (QED) is 0.785. The van der Waals surface area contributed by atoms with Crippen LogP contribution in [0.1, 0.15) is 21.9 Å². The van der Waals surface area contributed by atoms with E-state index >= 15 is 0 Å². The number of hydrogen-bond donors (Lipinski definition) is 0. The zero-order chi connectivity index (χ0) is 20.3. The van der Waals surface area contributed by atoms with Gasteiger partial charge in [0.05, 0.1) is 13.1 Å². The molecule has 0 saturated carbocycles. The Hall–Kier alpha value is -2.74. The maximum Gasteiger partial charge on any atom is 0.254 e. The maximum absolute atomic E-state index is 13.3. The Morgan fingerprint density at radius 3 is 2.39 bits per heavy atom. The fraction of sp³-hybridized carbons (Fsp3) is 0.400. The molecule has 0 bridgehead atoms. The van der Waals surface area contributed by atoms with Crippen LogP contribution in [0.4, 0.5) is 8.78 Å². The summed E-state index contributed by atoms with van der Waals surface area (Å²) in [6, 6.07) is 6.85. The van der Waals surface area contributed by atoms with Gasteiger partial charge in [0.1, 0.15) is 11.5 Å². The summed E-state index contributed by atoms with van der Waals surface area (Å²) in [4.78, 5) is 30.0. The lowest BCUT2D eigenvalue weighted by Crippen LogP contribution is -2.51. The highest BCUT2D eigenvalue weighted by molar-refractivity contribution is 5.94. The van der Waals surface area contributed by atoms with E-state index in [0.717, 1.165) is 23.7 Å². The molecule has 1 aromatic heterocycles. The molecule has 150 valence electrons. The van der Waals surface area contributed by atoms with Gasteiger partial charge in [-0.1, -0.05) is 0 Å². The summed E-state index contributed by atoms with van der Waals surface area (Å²) < 4.78 is 31.9. The maximum atomic E-state index is 13.3. The summed E-state index contributed by atoms with van der Waals surface area (Å²) in [5, 5.41) is 0. The van der Waals surface area contributed by atoms with E-state index in [0.29, 0.717) is 32.7 Å². The SMILES string of the molecule is Cc1ccc(CN(C)C(=O)CN2CCN(C(=O)c3ccc(F)c(F)c3)CC2)o1. The number of likely N-dealkylation sites (N-methyl/N-ethyl adjacent to an activating group) is 1. The van der Waals surface area contributed by atoms with E-state index in [1.165, 1.54) is 6.07 Å². The molecule has 0 radical (unpaired) electrons. The number of furan rings is 1. The molecule has 2 aromatic rings. The van der Waals surface area contributed by atoms with Crippen molar-refractivity contribution in [1.82, 2.24) is 14.7 Å². The molecule has 8 heteroatoms. The third-order valence-electron chi connectivity index (χ3n) is 4.80. The van der Waals surface area contributed by atoms with Gasteiger partial charge >= 0.3 is 0 Å². The predicted molar refractivity (Wildman–Crippen MR) is 98.6 cm³/mol. The summed E-state index contributed by atoms with van der Waals surface area (Å²) in [5.41, 5.74) is 0.122. The molecule has 1 fully saturated rings. The van der Waals surface area contributed by atoms with Gasteiger partial charge in [-0.15, -0.1) is 0 Å². The van der Waals surface area contributed by atoms with Crippen molar-refractivity contribution < 1.29 is 22.8 Å². The number of nitrogens with zero attached hydrogens (tertiary/aromatic N) is 3. The Morgan fingerprint density at radius 1 is 1.07 bits per heavy atom. The van der Waals surface area contributed by atoms with Gasteiger partial charge in [0.2, 0.25) is 5.91 Å². The number of benzene rings is 1. The monoisotopic (exact) mass is 391 g/mol. The molecular weight excluding hydrogens is 368 g/mol. The molecule has 0 atom stereocenters. The molecule has 0 aliphatic carbocycles. The van der Waals surface area contributed by atoms with Gasteiger partial charge in [-0.25, -0.2) is 8.78 Å². The van der Waals surface area contributed by atoms with Crippen LogP contribution < -0.4 is 0 Å². The lowest BCUT2D eigenvalue weighted by molar-refractivity contribution is -0.132. The van der Waals surface area contributed by atoms with Crippen molar-refractivity contribution in [3.8, 4) is 0 Å². The average molecular weight is 391 g/mol. The minimum absolute atomic E-state index is 0.0329. The first-order chi connectivity index (χ1) is 13.3. The van der Waals surface area contributed by atoms with E-state index in [1.807, 2.05) is 24.0 Å². The number of carbonyl (C=O) groups is 2. The predicted octanol–water partition coefficient (Wildman–Crippen LogP) is 2.28. The van der Waals surface area contributed by atoms with Crippen LogP contribution >= 0.6 is 0 Å². The van der Waals surface area contributed by atoms with Gasteiger partial charge in [0.15, 0.2) is 11.6 Å². The molecule has 1 saturated heterocycles. The highest BCUT2D eigenvalue weighted by atomic mass is 19.2. The Labute approximate surface area is 162 Å². The first-order valence-corrected chi connectivity index (χ1v) is 9.09. The van der Waals surface area contributed by atoms with Crippen molar-refractivity contribution in [2.75, 3.05) is 39.8 Å². The molecule has 2 amide bonds. The summed E-state index contributed by atoms with van der Waals surface area (Å²) in [6.07, 6.45) is 0. The second-order valence-corrected chi connectivity index (χ2v) is 6.96. The normalized spacial score (nSPS) is 14.9. The summed E-state index contributed by atoms with van der Waals surface area (Å²) >= 11 is 0. The largest absolute Gasteiger partial charge is 0.464 e. The summed E-state index contributed by atoms with van der Waals surface area (Å²) in [7, 11) is 1.73. The van der Waals surface area contributed by atoms with Crippen LogP contribution in [0.15, 0.2) is 34.7 Å². The Morgan fingerprint density at radius 2 is 1.79 bits per heavy atom. The first-order valence-electron chi connectivity index (χ1n) is 9.09. The fourth-order valence-corrected chi connectivity index (χ4v) is 3.12. The van der Waals surface area contributed by atoms with Crippen LogP contribution in [-0.4, -0.2) is 66.3 Å². The van der Waals surface area contributed by atoms with Gasteiger partial charge in [-0.05, 0) is 37.3 Å². The first kappa shape index (κ1) is 20.0. The average Bonchev–Trinajstić information content (AvgIpc) is 3.08. The Balaban J connectivity index is 1.48. The second-order valence-electron chi connectivity index (χ2n) is 6.96. The van der Waals surface area contributed by atoms with E-state index in [1.54, 1.807) is 16.8 Å². The van der Waals surface area contributed by atoms with Crippen molar-refractivity contribution in [2.45, 2.75) is 13.5 Å². The molecule has 0 unspecified atom stereocenters. The molecule has 1 aliphatic rings. The van der Waals surface area contributed by atoms with Crippen LogP contribution in [0.2, 0.25) is 0 Å². The van der Waals surface area contributed by atoms with Crippen molar-refractivity contribution in [3.63, 3.8) is 0 Å². The van der Waals surface area contributed by atoms with E-state index in [4.69, 9.17) is 4.42 Å². The molecule has 3 rings (SSSR count). The Kier molecular flexibility index (Phi) is 6.08. The number of hydrogen-bond acceptors (Lipinski definition) is 4. The van der Waals surface area contributed by atoms with Crippen molar-refractivity contribution >= 4 is 11.8 Å². The fourth-order valence-electron chi connectivity index (χ4n) is 3.12. The van der Waals surface area contributed by atoms with Crippen LogP contribution in [0.5, 0.6) is 0 Å². The highest BCUT2D eigenvalue weighted by Gasteiger charge is 2.25. The van der Waals surface area contributed by atoms with Gasteiger partial charge in [0, 0.05) is 38.8 Å². The van der Waals surface area contributed by atoms with Crippen LogP contribution in [0, 0.1) is 18.6 Å². The number of aryl methyl sites for hydroxylation is 1. The molecular formula is C20H23F2N3O3. The minimum atomic E-state index is -1.04. The lowest BCUT2D eigenvalue weighted by atomic mass is 10.1. The summed E-state index contributed by atoms with van der Waals surface area (Å²) in [6.45, 7) is 4.43. The van der Waals surface area contributed by atoms with E-state index < -0.39 is 11.6 Å². The zero-order valence-electron chi connectivity index (χ0n) is 16.0. The number of carbonyl (C=O) groups excluding carboxylic acids is 2. The van der Waals surface area contributed by atoms with Crippen molar-refractivity contribution in [1.29, 1.82) is 0 Å². The standard InChI is InChI=1S/C20H23F2N3O3/c1-14-3-5-16(28-14)12-23(2)19(26)13-24-7-9-25(10-8-24)20(27)15-4-6-17(21)18(22)11-15/h3-6,11H,7-10,12-13H2,1-2H3. The number of rotatable bonds is 5. The molecule has 0 spiro atoms. The molecule has 6 nitrogen and oxygen atoms in total. The summed E-state index contributed by atoms with van der Waals surface area (Å²) in [5.74, 6) is -0.851. The van der Waals surface area contributed by atoms with Crippen molar-refractivity contribution in [3.05, 3.63) is 59.1 Å². The topological polar surface area (TPSA) is 57.0 Å². The number of piperazine rings is 1. The minimum Gasteiger partial charge on any atom is -0.464 e. The van der Waals surface area contributed by atoms with Crippen molar-refractivity contribution in [2.24, 2.45) is 0 Å². The Bertz CT molecular complexity index is 860. The zero-order valence-corrected chi connectivity index (χ0v) is 16.0. The van der Waals surface area contributed by atoms with Crippen LogP contribution in [0.25, 0.3) is 0 Å². The third-order valence-corrected chi connectivity index (χ3v) is 4.80. The van der Waals surface area contributed by atoms with Crippen LogP contribution in [-0.2, 0) is 11.3 Å². The van der Waals surface area contributed by atoms with Gasteiger partial charge in [-0.3, -0.25) is 14.5 Å². The van der Waals surface area contributed by atoms with Gasteiger partial charge < -0.3 is 14.2 Å². The number of amides is 2. The smallest absolute Gasteiger partial charge is 0.254 e. The van der Waals surface area contributed by atoms with Gasteiger partial charge in [0.25, 0.3) is 5.91 Å². The van der Waals surface area contributed by atoms with E-state index in [-0.39, 0.29) is 23.9 Å². The highest BCUT2D eigenvalue weighted by Crippen LogP contribution is 2.13. The lowest BCUT2D eigenvalue weighted by Gasteiger charge is -2.35. The molecule has 2 heterocycles. The van der Waals surface area contributed by atoms with E-state index in [9.17, 15) is 18.4 Å². The van der Waals surface area contributed by atoms with Gasteiger partial charge in [-0.2, -0.15) is 0 Å². The molecule has 1 aliphatic heterocycles.